The summed E-state index contributed by atoms with van der Waals surface area (Å²) >= 11 is 3.57. The van der Waals surface area contributed by atoms with Crippen LogP contribution in [0.2, 0.25) is 0 Å². The van der Waals surface area contributed by atoms with Crippen LogP contribution in [0.5, 0.6) is 0 Å². The molecule has 0 amide bonds. The molecule has 15 heavy (non-hydrogen) atoms. The van der Waals surface area contributed by atoms with E-state index in [4.69, 9.17) is 0 Å². The highest BCUT2D eigenvalue weighted by molar-refractivity contribution is 9.10. The molecule has 2 nitrogen and oxygen atoms in total. The summed E-state index contributed by atoms with van der Waals surface area (Å²) in [7, 11) is 1.98. The summed E-state index contributed by atoms with van der Waals surface area (Å²) < 4.78 is 1.14. The third-order valence-corrected chi connectivity index (χ3v) is 3.43. The van der Waals surface area contributed by atoms with E-state index in [0.717, 1.165) is 17.4 Å². The molecule has 0 fully saturated rings. The standard InChI is InChI=1S/C12H15BrN2/c1-8-9-4-3-5-10(13)12(9)15-11(8)6-7-14-2/h3-5,14-15H,6-7H2,1-2H3. The number of likely N-dealkylation sites (N-methyl/N-ethyl adjacent to an activating group) is 1. The fraction of sp³-hybridized carbons (Fsp3) is 0.333. The third-order valence-electron chi connectivity index (χ3n) is 2.77. The second-order valence-electron chi connectivity index (χ2n) is 3.74. The van der Waals surface area contributed by atoms with E-state index < -0.39 is 0 Å². The first-order chi connectivity index (χ1) is 7.24. The summed E-state index contributed by atoms with van der Waals surface area (Å²) in [6, 6.07) is 6.31. The lowest BCUT2D eigenvalue weighted by Crippen LogP contribution is -2.10. The minimum atomic E-state index is 1.01. The van der Waals surface area contributed by atoms with E-state index in [1.54, 1.807) is 0 Å². The second-order valence-corrected chi connectivity index (χ2v) is 4.60. The maximum atomic E-state index is 3.57. The number of para-hydroxylation sites is 1. The first-order valence-corrected chi connectivity index (χ1v) is 5.93. The molecule has 2 N–H and O–H groups in total. The van der Waals surface area contributed by atoms with E-state index in [1.807, 2.05) is 7.05 Å². The number of hydrogen-bond donors (Lipinski definition) is 2. The van der Waals surface area contributed by atoms with Crippen molar-refractivity contribution in [1.82, 2.24) is 10.3 Å². The summed E-state index contributed by atoms with van der Waals surface area (Å²) in [5, 5.41) is 4.49. The average molecular weight is 267 g/mol. The Labute approximate surface area is 98.2 Å². The number of benzene rings is 1. The molecule has 1 heterocycles. The van der Waals surface area contributed by atoms with Crippen LogP contribution in [0, 0.1) is 6.92 Å². The molecule has 0 aliphatic carbocycles. The van der Waals surface area contributed by atoms with Gasteiger partial charge in [-0.05, 0) is 41.5 Å². The van der Waals surface area contributed by atoms with Gasteiger partial charge >= 0.3 is 0 Å². The monoisotopic (exact) mass is 266 g/mol. The quantitative estimate of drug-likeness (QED) is 0.879. The van der Waals surface area contributed by atoms with Gasteiger partial charge in [0.25, 0.3) is 0 Å². The normalized spacial score (nSPS) is 11.1. The summed E-state index contributed by atoms with van der Waals surface area (Å²) in [6.45, 7) is 3.18. The van der Waals surface area contributed by atoms with Gasteiger partial charge in [0.2, 0.25) is 0 Å². The van der Waals surface area contributed by atoms with Crippen molar-refractivity contribution in [3.8, 4) is 0 Å². The highest BCUT2D eigenvalue weighted by Gasteiger charge is 2.08. The number of H-pyrrole nitrogens is 1. The molecule has 0 bridgehead atoms. The maximum Gasteiger partial charge on any atom is 0.0603 e. The Morgan fingerprint density at radius 1 is 1.40 bits per heavy atom. The molecular formula is C12H15BrN2. The summed E-state index contributed by atoms with van der Waals surface area (Å²) in [6.07, 6.45) is 1.05. The average Bonchev–Trinajstić information content (AvgIpc) is 2.55. The van der Waals surface area contributed by atoms with Crippen LogP contribution in [0.4, 0.5) is 0 Å². The van der Waals surface area contributed by atoms with Crippen LogP contribution in [-0.4, -0.2) is 18.6 Å². The molecule has 0 radical (unpaired) electrons. The zero-order valence-corrected chi connectivity index (χ0v) is 10.6. The van der Waals surface area contributed by atoms with Gasteiger partial charge in [0, 0.05) is 28.5 Å². The fourth-order valence-electron chi connectivity index (χ4n) is 1.87. The molecule has 0 saturated heterocycles. The van der Waals surface area contributed by atoms with Gasteiger partial charge in [-0.1, -0.05) is 12.1 Å². The molecule has 2 aromatic rings. The van der Waals surface area contributed by atoms with E-state index in [0.29, 0.717) is 0 Å². The van der Waals surface area contributed by atoms with Crippen LogP contribution >= 0.6 is 15.9 Å². The van der Waals surface area contributed by atoms with E-state index in [1.165, 1.54) is 22.2 Å². The van der Waals surface area contributed by atoms with Crippen molar-refractivity contribution in [2.75, 3.05) is 13.6 Å². The lowest BCUT2D eigenvalue weighted by atomic mass is 10.1. The van der Waals surface area contributed by atoms with Crippen molar-refractivity contribution in [1.29, 1.82) is 0 Å². The number of aryl methyl sites for hydroxylation is 1. The lowest BCUT2D eigenvalue weighted by Gasteiger charge is -1.98. The SMILES string of the molecule is CNCCc1[nH]c2c(Br)cccc2c1C. The van der Waals surface area contributed by atoms with Crippen molar-refractivity contribution >= 4 is 26.8 Å². The summed E-state index contributed by atoms with van der Waals surface area (Å²) in [5.41, 5.74) is 3.90. The van der Waals surface area contributed by atoms with Crippen molar-refractivity contribution in [3.05, 3.63) is 33.9 Å². The molecule has 0 saturated carbocycles. The molecule has 0 unspecified atom stereocenters. The smallest absolute Gasteiger partial charge is 0.0603 e. The summed E-state index contributed by atoms with van der Waals surface area (Å²) in [4.78, 5) is 3.48. The Morgan fingerprint density at radius 3 is 2.87 bits per heavy atom. The van der Waals surface area contributed by atoms with Gasteiger partial charge in [0.1, 0.15) is 0 Å². The predicted molar refractivity (Wildman–Crippen MR) is 68.4 cm³/mol. The number of rotatable bonds is 3. The predicted octanol–water partition coefficient (Wildman–Crippen LogP) is 3.00. The van der Waals surface area contributed by atoms with E-state index in [9.17, 15) is 0 Å². The molecule has 3 heteroatoms. The Kier molecular flexibility index (Phi) is 3.12. The molecule has 0 aliphatic heterocycles. The molecule has 1 aromatic carbocycles. The van der Waals surface area contributed by atoms with Gasteiger partial charge in [0.15, 0.2) is 0 Å². The number of aromatic nitrogens is 1. The molecule has 1 aromatic heterocycles. The fourth-order valence-corrected chi connectivity index (χ4v) is 2.34. The molecule has 0 spiro atoms. The second kappa shape index (κ2) is 4.37. The van der Waals surface area contributed by atoms with Crippen LogP contribution in [-0.2, 0) is 6.42 Å². The Balaban J connectivity index is 2.49. The number of hydrogen-bond acceptors (Lipinski definition) is 1. The summed E-state index contributed by atoms with van der Waals surface area (Å²) in [5.74, 6) is 0. The minimum Gasteiger partial charge on any atom is -0.357 e. The minimum absolute atomic E-state index is 1.01. The van der Waals surface area contributed by atoms with Crippen molar-refractivity contribution in [3.63, 3.8) is 0 Å². The van der Waals surface area contributed by atoms with Gasteiger partial charge in [0.05, 0.1) is 5.52 Å². The number of fused-ring (bicyclic) bond motifs is 1. The molecular weight excluding hydrogens is 252 g/mol. The van der Waals surface area contributed by atoms with Crippen LogP contribution in [0.1, 0.15) is 11.3 Å². The third kappa shape index (κ3) is 1.94. The van der Waals surface area contributed by atoms with Gasteiger partial charge in [-0.3, -0.25) is 0 Å². The topological polar surface area (TPSA) is 27.8 Å². The maximum absolute atomic E-state index is 3.57. The van der Waals surface area contributed by atoms with Crippen molar-refractivity contribution in [2.24, 2.45) is 0 Å². The molecule has 0 aliphatic rings. The van der Waals surface area contributed by atoms with Crippen LogP contribution in [0.3, 0.4) is 0 Å². The van der Waals surface area contributed by atoms with E-state index in [2.05, 4.69) is 51.4 Å². The van der Waals surface area contributed by atoms with Crippen LogP contribution in [0.15, 0.2) is 22.7 Å². The largest absolute Gasteiger partial charge is 0.357 e. The van der Waals surface area contributed by atoms with Crippen molar-refractivity contribution < 1.29 is 0 Å². The molecule has 0 atom stereocenters. The Bertz CT molecular complexity index is 474. The van der Waals surface area contributed by atoms with Gasteiger partial charge in [-0.15, -0.1) is 0 Å². The lowest BCUT2D eigenvalue weighted by molar-refractivity contribution is 0.778. The van der Waals surface area contributed by atoms with E-state index in [-0.39, 0.29) is 0 Å². The van der Waals surface area contributed by atoms with Crippen molar-refractivity contribution in [2.45, 2.75) is 13.3 Å². The zero-order valence-electron chi connectivity index (χ0n) is 9.02. The van der Waals surface area contributed by atoms with Gasteiger partial charge < -0.3 is 10.3 Å². The Hall–Kier alpha value is -0.800. The molecule has 2 rings (SSSR count). The Morgan fingerprint density at radius 2 is 2.20 bits per heavy atom. The first-order valence-electron chi connectivity index (χ1n) is 5.14. The first kappa shape index (κ1) is 10.7. The van der Waals surface area contributed by atoms with E-state index >= 15 is 0 Å². The van der Waals surface area contributed by atoms with Crippen LogP contribution < -0.4 is 5.32 Å². The highest BCUT2D eigenvalue weighted by atomic mass is 79.9. The van der Waals surface area contributed by atoms with Gasteiger partial charge in [-0.2, -0.15) is 0 Å². The zero-order chi connectivity index (χ0) is 10.8. The molecule has 80 valence electrons. The highest BCUT2D eigenvalue weighted by Crippen LogP contribution is 2.27. The van der Waals surface area contributed by atoms with Gasteiger partial charge in [-0.25, -0.2) is 0 Å². The van der Waals surface area contributed by atoms with Crippen LogP contribution in [0.25, 0.3) is 10.9 Å². The number of aromatic amines is 1. The number of nitrogens with one attached hydrogen (secondary N) is 2. The number of halogens is 1.